The van der Waals surface area contributed by atoms with E-state index in [1.165, 1.54) is 238 Å². The highest BCUT2D eigenvalue weighted by atomic mass is 16.8. The van der Waals surface area contributed by atoms with Crippen molar-refractivity contribution in [2.24, 2.45) is 0 Å². The zero-order valence-corrected chi connectivity index (χ0v) is 60.8. The lowest BCUT2D eigenvalue weighted by molar-refractivity contribution is -0.379. The number of rotatable bonds is 63. The molecule has 3 saturated heterocycles. The Morgan fingerprint density at radius 2 is 0.660 bits per heavy atom. The van der Waals surface area contributed by atoms with Crippen molar-refractivity contribution >= 4 is 5.91 Å². The van der Waals surface area contributed by atoms with Gasteiger partial charge in [0, 0.05) is 6.42 Å². The van der Waals surface area contributed by atoms with Gasteiger partial charge in [-0.1, -0.05) is 314 Å². The second-order valence-electron chi connectivity index (χ2n) is 28.5. The van der Waals surface area contributed by atoms with Crippen LogP contribution in [0.4, 0.5) is 0 Å². The second kappa shape index (κ2) is 59.4. The highest BCUT2D eigenvalue weighted by molar-refractivity contribution is 5.76. The zero-order valence-electron chi connectivity index (χ0n) is 60.8. The first-order chi connectivity index (χ1) is 47.3. The molecule has 0 aromatic carbocycles. The number of unbranched alkanes of at least 4 members (excludes halogenated alkanes) is 43. The molecule has 0 bridgehead atoms. The van der Waals surface area contributed by atoms with Gasteiger partial charge in [-0.25, -0.2) is 0 Å². The van der Waals surface area contributed by atoms with E-state index in [9.17, 15) is 61.0 Å². The molecule has 0 spiro atoms. The van der Waals surface area contributed by atoms with E-state index >= 15 is 0 Å². The normalized spacial score (nSPS) is 27.0. The number of aliphatic hydroxyl groups is 11. The smallest absolute Gasteiger partial charge is 0.220 e. The van der Waals surface area contributed by atoms with Gasteiger partial charge in [0.15, 0.2) is 18.9 Å². The fourth-order valence-corrected chi connectivity index (χ4v) is 13.5. The van der Waals surface area contributed by atoms with Crippen molar-refractivity contribution in [3.8, 4) is 0 Å². The maximum Gasteiger partial charge on any atom is 0.220 e. The molecular weight excluding hydrogens is 1240 g/mol. The van der Waals surface area contributed by atoms with E-state index in [1.54, 1.807) is 6.08 Å². The summed E-state index contributed by atoms with van der Waals surface area (Å²) in [5.41, 5.74) is 0. The summed E-state index contributed by atoms with van der Waals surface area (Å²) in [4.78, 5) is 13.4. The summed E-state index contributed by atoms with van der Waals surface area (Å²) in [5.74, 6) is -0.286. The van der Waals surface area contributed by atoms with Crippen molar-refractivity contribution in [1.29, 1.82) is 0 Å². The summed E-state index contributed by atoms with van der Waals surface area (Å²) in [7, 11) is 0. The van der Waals surface area contributed by atoms with E-state index < -0.39 is 124 Å². The van der Waals surface area contributed by atoms with Crippen LogP contribution in [0.1, 0.15) is 322 Å². The first kappa shape index (κ1) is 89.2. The van der Waals surface area contributed by atoms with E-state index in [4.69, 9.17) is 28.4 Å². The molecular formula is C78H145NO18. The van der Waals surface area contributed by atoms with E-state index in [-0.39, 0.29) is 18.9 Å². The molecule has 0 aliphatic carbocycles. The summed E-state index contributed by atoms with van der Waals surface area (Å²) in [5, 5.41) is 120. The summed E-state index contributed by atoms with van der Waals surface area (Å²) >= 11 is 0. The average molecular weight is 1390 g/mol. The Bertz CT molecular complexity index is 1900. The van der Waals surface area contributed by atoms with Crippen LogP contribution in [-0.4, -0.2) is 193 Å². The van der Waals surface area contributed by atoms with Gasteiger partial charge in [0.05, 0.1) is 38.6 Å². The van der Waals surface area contributed by atoms with E-state index in [2.05, 4.69) is 43.5 Å². The Morgan fingerprint density at radius 3 is 1.01 bits per heavy atom. The molecule has 3 aliphatic heterocycles. The third-order valence-electron chi connectivity index (χ3n) is 19.9. The second-order valence-corrected chi connectivity index (χ2v) is 28.5. The molecule has 3 heterocycles. The molecule has 570 valence electrons. The predicted molar refractivity (Wildman–Crippen MR) is 383 cm³/mol. The van der Waals surface area contributed by atoms with Crippen LogP contribution < -0.4 is 5.32 Å². The lowest BCUT2D eigenvalue weighted by Gasteiger charge is -2.48. The minimum atomic E-state index is -1.98. The Balaban J connectivity index is 1.24. The van der Waals surface area contributed by atoms with Crippen molar-refractivity contribution in [2.75, 3.05) is 26.4 Å². The van der Waals surface area contributed by atoms with Crippen molar-refractivity contribution in [3.05, 3.63) is 36.5 Å². The summed E-state index contributed by atoms with van der Waals surface area (Å²) in [6.07, 6.45) is 46.4. The third kappa shape index (κ3) is 40.0. The van der Waals surface area contributed by atoms with E-state index in [0.717, 1.165) is 51.4 Å². The fraction of sp³-hybridized carbons (Fsp3) is 0.910. The molecule has 0 aromatic heterocycles. The molecule has 3 aliphatic rings. The Morgan fingerprint density at radius 1 is 0.361 bits per heavy atom. The van der Waals surface area contributed by atoms with Gasteiger partial charge >= 0.3 is 0 Å². The fourth-order valence-electron chi connectivity index (χ4n) is 13.5. The number of aliphatic hydroxyl groups excluding tert-OH is 11. The van der Waals surface area contributed by atoms with Gasteiger partial charge in [-0.2, -0.15) is 0 Å². The summed E-state index contributed by atoms with van der Waals surface area (Å²) < 4.78 is 34.3. The van der Waals surface area contributed by atoms with Gasteiger partial charge in [-0.05, 0) is 38.5 Å². The van der Waals surface area contributed by atoms with Gasteiger partial charge in [-0.3, -0.25) is 4.79 Å². The van der Waals surface area contributed by atoms with Gasteiger partial charge in [0.1, 0.15) is 73.2 Å². The third-order valence-corrected chi connectivity index (χ3v) is 19.9. The first-order valence-corrected chi connectivity index (χ1v) is 39.7. The van der Waals surface area contributed by atoms with Crippen molar-refractivity contribution in [1.82, 2.24) is 5.32 Å². The number of hydrogen-bond donors (Lipinski definition) is 12. The zero-order chi connectivity index (χ0) is 70.4. The Kier molecular flexibility index (Phi) is 54.6. The molecule has 17 atom stereocenters. The highest BCUT2D eigenvalue weighted by Crippen LogP contribution is 2.33. The topological polar surface area (TPSA) is 307 Å². The average Bonchev–Trinajstić information content (AvgIpc) is 0.792. The highest BCUT2D eigenvalue weighted by Gasteiger charge is 2.53. The Hall–Kier alpha value is -1.99. The molecule has 17 unspecified atom stereocenters. The monoisotopic (exact) mass is 1380 g/mol. The van der Waals surface area contributed by atoms with Gasteiger partial charge in [0.25, 0.3) is 0 Å². The van der Waals surface area contributed by atoms with Crippen molar-refractivity contribution < 1.29 is 89.4 Å². The number of allylic oxidation sites excluding steroid dienone is 5. The molecule has 19 heteroatoms. The van der Waals surface area contributed by atoms with Crippen LogP contribution in [0.3, 0.4) is 0 Å². The van der Waals surface area contributed by atoms with Crippen LogP contribution in [0.15, 0.2) is 36.5 Å². The molecule has 0 radical (unpaired) electrons. The first-order valence-electron chi connectivity index (χ1n) is 39.7. The number of carbonyl (C=O) groups is 1. The Labute approximate surface area is 587 Å². The maximum absolute atomic E-state index is 13.4. The number of carbonyl (C=O) groups excluding carboxylic acids is 1. The number of hydrogen-bond acceptors (Lipinski definition) is 18. The van der Waals surface area contributed by atoms with Gasteiger partial charge in [0.2, 0.25) is 5.91 Å². The van der Waals surface area contributed by atoms with Crippen LogP contribution >= 0.6 is 0 Å². The lowest BCUT2D eigenvalue weighted by atomic mass is 9.96. The minimum absolute atomic E-state index is 0.236. The van der Waals surface area contributed by atoms with E-state index in [0.29, 0.717) is 12.8 Å². The minimum Gasteiger partial charge on any atom is -0.394 e. The van der Waals surface area contributed by atoms with Crippen LogP contribution in [0.5, 0.6) is 0 Å². The quantitative estimate of drug-likeness (QED) is 0.0199. The number of amides is 1. The van der Waals surface area contributed by atoms with Gasteiger partial charge in [-0.15, -0.1) is 0 Å². The molecule has 97 heavy (non-hydrogen) atoms. The van der Waals surface area contributed by atoms with Crippen LogP contribution in [-0.2, 0) is 33.2 Å². The lowest BCUT2D eigenvalue weighted by Crippen LogP contribution is -2.66. The van der Waals surface area contributed by atoms with Crippen molar-refractivity contribution in [3.63, 3.8) is 0 Å². The largest absolute Gasteiger partial charge is 0.394 e. The van der Waals surface area contributed by atoms with Crippen LogP contribution in [0.2, 0.25) is 0 Å². The maximum atomic E-state index is 13.4. The summed E-state index contributed by atoms with van der Waals surface area (Å²) in [6.45, 7) is 1.65. The molecule has 3 fully saturated rings. The molecule has 3 rings (SSSR count). The SMILES string of the molecule is CCC/C=C/CC/C=C/CC/C=C/C(O)C(COC1OC(CO)C(OC2OC(CO)C(OC3OC(CO)C(O)C(O)C3O)C(O)C2O)C(O)C1O)NC(=O)CCCCCCCCCCCCCCCCCCCCCCCCCCCCCCCCCCCCCCCCCCC. The van der Waals surface area contributed by atoms with Crippen LogP contribution in [0.25, 0.3) is 0 Å². The molecule has 12 N–H and O–H groups in total. The number of ether oxygens (including phenoxy) is 6. The summed E-state index contributed by atoms with van der Waals surface area (Å²) in [6, 6.07) is -0.993. The molecule has 19 nitrogen and oxygen atoms in total. The van der Waals surface area contributed by atoms with Gasteiger partial charge < -0.3 is 89.9 Å². The molecule has 0 aromatic rings. The molecule has 0 saturated carbocycles. The molecule has 1 amide bonds. The van der Waals surface area contributed by atoms with Crippen molar-refractivity contribution in [2.45, 2.75) is 426 Å². The van der Waals surface area contributed by atoms with Crippen LogP contribution in [0, 0.1) is 0 Å². The predicted octanol–water partition coefficient (Wildman–Crippen LogP) is 12.7. The van der Waals surface area contributed by atoms with E-state index in [1.807, 2.05) is 6.08 Å². The number of nitrogens with one attached hydrogen (secondary N) is 1. The standard InChI is InChI=1S/C78H145NO18/c1-3-5-7-9-11-13-15-16-17-18-19-20-21-22-23-24-25-26-27-28-29-30-31-32-33-34-35-36-37-38-39-40-41-42-43-44-46-48-50-52-54-56-66(84)79-61(62(83)55-53-51-49-47-45-14-12-10-8-6-4-2)60-92-76-72(90)69(87)74(64(58-81)94-76)97-78-73(91)70(88)75(65(59-82)95-78)96-77-71(89)68(86)67(85)63(57-80)93-77/h8,10,45,47,53,55,61-65,67-78,80-83,85-91H,3-7,9,11-44,46,48-52,54,56-60H2,1-2H3,(H,79,84)/b10-8+,47-45+,55-53+.